The molecule has 1 fully saturated rings. The summed E-state index contributed by atoms with van der Waals surface area (Å²) in [7, 11) is 0. The Morgan fingerprint density at radius 3 is 2.53 bits per heavy atom. The summed E-state index contributed by atoms with van der Waals surface area (Å²) < 4.78 is 21.3. The number of Topliss-reactive ketones (excluding diaryl/α,β-unsaturated/α-hetero) is 1. The normalized spacial score (nSPS) is 14.1. The van der Waals surface area contributed by atoms with E-state index in [-0.39, 0.29) is 17.4 Å². The zero-order valence-corrected chi connectivity index (χ0v) is 19.6. The Morgan fingerprint density at radius 1 is 1.06 bits per heavy atom. The molecule has 168 valence electrons. The number of hydrogen-bond donors (Lipinski definition) is 0. The first-order chi connectivity index (χ1) is 15.4. The molecule has 0 radical (unpaired) electrons. The van der Waals surface area contributed by atoms with Crippen LogP contribution in [-0.4, -0.2) is 52.6 Å². The van der Waals surface area contributed by atoms with Crippen LogP contribution in [0.1, 0.15) is 32.6 Å². The fourth-order valence-electron chi connectivity index (χ4n) is 3.87. The van der Waals surface area contributed by atoms with E-state index in [2.05, 4.69) is 28.9 Å². The van der Waals surface area contributed by atoms with E-state index in [0.29, 0.717) is 43.1 Å². The third kappa shape index (κ3) is 4.42. The first-order valence-corrected chi connectivity index (χ1v) is 11.6. The summed E-state index contributed by atoms with van der Waals surface area (Å²) in [6, 6.07) is 8.31. The summed E-state index contributed by atoms with van der Waals surface area (Å²) in [5.74, 6) is 0.559. The molecule has 0 N–H and O–H groups in total. The van der Waals surface area contributed by atoms with Gasteiger partial charge in [-0.1, -0.05) is 17.8 Å². The van der Waals surface area contributed by atoms with Crippen LogP contribution in [0.2, 0.25) is 0 Å². The van der Waals surface area contributed by atoms with E-state index in [4.69, 9.17) is 4.74 Å². The number of carbonyl (C=O) groups excluding carboxylic acids is 1. The van der Waals surface area contributed by atoms with Crippen molar-refractivity contribution in [1.29, 1.82) is 0 Å². The Morgan fingerprint density at radius 2 is 1.81 bits per heavy atom. The molecular formula is C24H27FN4O2S. The highest BCUT2D eigenvalue weighted by Gasteiger charge is 2.23. The Balaban J connectivity index is 1.64. The van der Waals surface area contributed by atoms with Crippen LogP contribution in [0.25, 0.3) is 5.69 Å². The quantitative estimate of drug-likeness (QED) is 0.405. The minimum absolute atomic E-state index is 0.0421. The van der Waals surface area contributed by atoms with Crippen molar-refractivity contribution >= 4 is 23.5 Å². The lowest BCUT2D eigenvalue weighted by molar-refractivity contribution is 0.102. The molecule has 6 nitrogen and oxygen atoms in total. The molecule has 0 atom stereocenters. The maximum Gasteiger partial charge on any atom is 0.232 e. The smallest absolute Gasteiger partial charge is 0.232 e. The minimum atomic E-state index is -0.336. The average Bonchev–Trinajstić information content (AvgIpc) is 3.23. The Labute approximate surface area is 191 Å². The van der Waals surface area contributed by atoms with Crippen molar-refractivity contribution in [3.63, 3.8) is 0 Å². The number of hydrogen-bond acceptors (Lipinski definition) is 6. The number of anilines is 1. The minimum Gasteiger partial charge on any atom is -0.378 e. The topological polar surface area (TPSA) is 60.3 Å². The average molecular weight is 455 g/mol. The molecule has 0 spiro atoms. The third-order valence-electron chi connectivity index (χ3n) is 6.09. The van der Waals surface area contributed by atoms with Gasteiger partial charge in [0.05, 0.1) is 24.7 Å². The zero-order valence-electron chi connectivity index (χ0n) is 18.8. The van der Waals surface area contributed by atoms with E-state index in [9.17, 15) is 9.18 Å². The van der Waals surface area contributed by atoms with Gasteiger partial charge in [0.1, 0.15) is 5.82 Å². The van der Waals surface area contributed by atoms with Gasteiger partial charge in [-0.3, -0.25) is 9.36 Å². The van der Waals surface area contributed by atoms with Crippen molar-refractivity contribution < 1.29 is 13.9 Å². The van der Waals surface area contributed by atoms with Crippen LogP contribution in [-0.2, 0) is 4.74 Å². The van der Waals surface area contributed by atoms with Gasteiger partial charge >= 0.3 is 0 Å². The van der Waals surface area contributed by atoms with Gasteiger partial charge in [-0.25, -0.2) is 4.39 Å². The maximum absolute atomic E-state index is 14.0. The lowest BCUT2D eigenvalue weighted by Crippen LogP contribution is -2.37. The highest BCUT2D eigenvalue weighted by Crippen LogP contribution is 2.29. The van der Waals surface area contributed by atoms with E-state index in [1.807, 2.05) is 30.5 Å². The molecule has 0 bridgehead atoms. The number of rotatable bonds is 6. The van der Waals surface area contributed by atoms with E-state index >= 15 is 0 Å². The van der Waals surface area contributed by atoms with Crippen molar-refractivity contribution in [1.82, 2.24) is 14.8 Å². The lowest BCUT2D eigenvalue weighted by Gasteiger charge is -2.27. The molecule has 8 heteroatoms. The number of benzene rings is 2. The van der Waals surface area contributed by atoms with Gasteiger partial charge in [0, 0.05) is 18.7 Å². The molecule has 2 heterocycles. The standard InChI is InChI=1S/C24H27FN4O2S/c1-15-12-21(18(4)17(3)16(15)2)22(30)14-32-24-27-26-23(28-8-10-31-11-9-28)29(24)20-7-5-6-19(25)13-20/h5-7,12-13H,8-11,14H2,1-4H3. The molecule has 32 heavy (non-hydrogen) atoms. The summed E-state index contributed by atoms with van der Waals surface area (Å²) in [5, 5.41) is 9.30. The van der Waals surface area contributed by atoms with Crippen LogP contribution < -0.4 is 4.90 Å². The van der Waals surface area contributed by atoms with Crippen LogP contribution in [0.3, 0.4) is 0 Å². The molecule has 3 aromatic rings. The summed E-state index contributed by atoms with van der Waals surface area (Å²) in [5.41, 5.74) is 5.86. The SMILES string of the molecule is Cc1cc(C(=O)CSc2nnc(N3CCOCC3)n2-c2cccc(F)c2)c(C)c(C)c1C. The van der Waals surface area contributed by atoms with Crippen molar-refractivity contribution in [2.75, 3.05) is 37.0 Å². The molecule has 1 aliphatic rings. The van der Waals surface area contributed by atoms with Gasteiger partial charge < -0.3 is 9.64 Å². The van der Waals surface area contributed by atoms with Crippen LogP contribution in [0, 0.1) is 33.5 Å². The molecule has 0 amide bonds. The monoisotopic (exact) mass is 454 g/mol. The van der Waals surface area contributed by atoms with Gasteiger partial charge in [-0.05, 0) is 74.2 Å². The molecule has 2 aromatic carbocycles. The highest BCUT2D eigenvalue weighted by molar-refractivity contribution is 7.99. The largest absolute Gasteiger partial charge is 0.378 e. The van der Waals surface area contributed by atoms with Gasteiger partial charge in [0.15, 0.2) is 10.9 Å². The molecule has 1 saturated heterocycles. The number of aryl methyl sites for hydroxylation is 1. The van der Waals surface area contributed by atoms with Gasteiger partial charge in [0.2, 0.25) is 5.95 Å². The summed E-state index contributed by atoms with van der Waals surface area (Å²) in [6.45, 7) is 10.7. The number of morpholine rings is 1. The van der Waals surface area contributed by atoms with Gasteiger partial charge in [-0.15, -0.1) is 10.2 Å². The van der Waals surface area contributed by atoms with E-state index < -0.39 is 0 Å². The first kappa shape index (κ1) is 22.5. The molecule has 1 aliphatic heterocycles. The Bertz CT molecular complexity index is 1160. The van der Waals surface area contributed by atoms with Crippen molar-refractivity contribution in [2.45, 2.75) is 32.9 Å². The molecule has 0 saturated carbocycles. The van der Waals surface area contributed by atoms with E-state index in [0.717, 1.165) is 22.3 Å². The number of ketones is 1. The molecule has 1 aromatic heterocycles. The van der Waals surface area contributed by atoms with E-state index in [1.54, 1.807) is 6.07 Å². The number of aromatic nitrogens is 3. The van der Waals surface area contributed by atoms with Crippen LogP contribution >= 0.6 is 11.8 Å². The number of thioether (sulfide) groups is 1. The summed E-state index contributed by atoms with van der Waals surface area (Å²) in [6.07, 6.45) is 0. The number of nitrogens with zero attached hydrogens (tertiary/aromatic N) is 4. The second kappa shape index (κ2) is 9.42. The second-order valence-electron chi connectivity index (χ2n) is 8.03. The number of ether oxygens (including phenoxy) is 1. The van der Waals surface area contributed by atoms with Crippen LogP contribution in [0.4, 0.5) is 10.3 Å². The number of carbonyl (C=O) groups is 1. The molecular weight excluding hydrogens is 427 g/mol. The maximum atomic E-state index is 14.0. The van der Waals surface area contributed by atoms with Crippen LogP contribution in [0.15, 0.2) is 35.5 Å². The zero-order chi connectivity index (χ0) is 22.8. The highest BCUT2D eigenvalue weighted by atomic mass is 32.2. The first-order valence-electron chi connectivity index (χ1n) is 10.6. The molecule has 0 aliphatic carbocycles. The van der Waals surface area contributed by atoms with Crippen molar-refractivity contribution in [2.24, 2.45) is 0 Å². The Kier molecular flexibility index (Phi) is 6.62. The van der Waals surface area contributed by atoms with Gasteiger partial charge in [0.25, 0.3) is 0 Å². The second-order valence-corrected chi connectivity index (χ2v) is 8.97. The van der Waals surface area contributed by atoms with Crippen molar-refractivity contribution in [3.8, 4) is 5.69 Å². The third-order valence-corrected chi connectivity index (χ3v) is 7.02. The summed E-state index contributed by atoms with van der Waals surface area (Å²) in [4.78, 5) is 15.2. The molecule has 0 unspecified atom stereocenters. The Hall–Kier alpha value is -2.71. The fourth-order valence-corrected chi connectivity index (χ4v) is 4.70. The predicted octanol–water partition coefficient (Wildman–Crippen LogP) is 4.45. The lowest BCUT2D eigenvalue weighted by atomic mass is 9.93. The van der Waals surface area contributed by atoms with Gasteiger partial charge in [-0.2, -0.15) is 0 Å². The fraction of sp³-hybridized carbons (Fsp3) is 0.375. The predicted molar refractivity (Wildman–Crippen MR) is 125 cm³/mol. The van der Waals surface area contributed by atoms with E-state index in [1.165, 1.54) is 29.5 Å². The molecule has 4 rings (SSSR count). The van der Waals surface area contributed by atoms with Crippen LogP contribution in [0.5, 0.6) is 0 Å². The number of halogens is 1. The van der Waals surface area contributed by atoms with Crippen molar-refractivity contribution in [3.05, 3.63) is 64.0 Å². The summed E-state index contributed by atoms with van der Waals surface area (Å²) >= 11 is 1.32.